The van der Waals surface area contributed by atoms with Crippen molar-refractivity contribution in [1.82, 2.24) is 20.5 Å². The molecule has 2 atom stereocenters. The van der Waals surface area contributed by atoms with Crippen LogP contribution in [-0.4, -0.2) is 46.2 Å². The molecule has 1 amide bonds. The second-order valence-electron chi connectivity index (χ2n) is 7.60. The third-order valence-electron chi connectivity index (χ3n) is 5.08. The molecule has 2 aromatic carbocycles. The first kappa shape index (κ1) is 22.6. The molecule has 9 nitrogen and oxygen atoms in total. The number of fused-ring (bicyclic) bond motifs is 1. The Hall–Kier alpha value is -3.16. The number of amides is 1. The van der Waals surface area contributed by atoms with Crippen LogP contribution in [0.15, 0.2) is 46.9 Å². The molecule has 3 heterocycles. The smallest absolute Gasteiger partial charge is 0.241 e. The lowest BCUT2D eigenvalue weighted by Crippen LogP contribution is -2.25. The van der Waals surface area contributed by atoms with Crippen molar-refractivity contribution in [3.63, 3.8) is 0 Å². The number of halogens is 1. The summed E-state index contributed by atoms with van der Waals surface area (Å²) in [6, 6.07) is 12.4. The van der Waals surface area contributed by atoms with E-state index >= 15 is 0 Å². The van der Waals surface area contributed by atoms with Gasteiger partial charge in [0.05, 0.1) is 4.70 Å². The number of rotatable bonds is 6. The summed E-state index contributed by atoms with van der Waals surface area (Å²) in [5, 5.41) is 15.8. The number of hydrogen-bond acceptors (Lipinski definition) is 10. The Kier molecular flexibility index (Phi) is 5.70. The predicted octanol–water partition coefficient (Wildman–Crippen LogP) is 3.33. The fraction of sp³-hybridized carbons (Fsp3) is 0.190. The van der Waals surface area contributed by atoms with Crippen molar-refractivity contribution in [3.05, 3.63) is 65.1 Å². The van der Waals surface area contributed by atoms with Crippen LogP contribution in [0.2, 0.25) is 0 Å². The second-order valence-corrected chi connectivity index (χ2v) is 12.0. The molecule has 0 saturated carbocycles. The highest BCUT2D eigenvalue weighted by Crippen LogP contribution is 2.37. The molecular formula is C21H16FN5O4S3. The van der Waals surface area contributed by atoms with Gasteiger partial charge in [-0.15, -0.1) is 21.5 Å². The molecule has 0 bridgehead atoms. The monoisotopic (exact) mass is 517 g/mol. The topological polar surface area (TPSA) is 139 Å². The van der Waals surface area contributed by atoms with E-state index in [0.29, 0.717) is 10.3 Å². The molecule has 0 radical (unpaired) electrons. The third-order valence-corrected chi connectivity index (χ3v) is 8.58. The zero-order chi connectivity index (χ0) is 24.0. The summed E-state index contributed by atoms with van der Waals surface area (Å²) in [7, 11) is -3.82. The Balaban J connectivity index is 1.51. The van der Waals surface area contributed by atoms with Crippen LogP contribution in [0.1, 0.15) is 22.0 Å². The zero-order valence-corrected chi connectivity index (χ0v) is 19.9. The van der Waals surface area contributed by atoms with E-state index in [1.54, 1.807) is 6.07 Å². The lowest BCUT2D eigenvalue weighted by molar-refractivity contribution is -0.118. The Bertz CT molecular complexity index is 1530. The van der Waals surface area contributed by atoms with Crippen molar-refractivity contribution in [1.29, 1.82) is 5.41 Å². The van der Waals surface area contributed by atoms with Gasteiger partial charge in [0.15, 0.2) is 26.1 Å². The summed E-state index contributed by atoms with van der Waals surface area (Å²) in [4.78, 5) is 16.1. The van der Waals surface area contributed by atoms with E-state index in [4.69, 9.17) is 9.83 Å². The van der Waals surface area contributed by atoms with Gasteiger partial charge in [0.25, 0.3) is 0 Å². The molecule has 2 aromatic heterocycles. The summed E-state index contributed by atoms with van der Waals surface area (Å²) in [6.07, 6.45) is 1.05. The number of aromatic nitrogens is 3. The summed E-state index contributed by atoms with van der Waals surface area (Å²) >= 11 is 2.06. The van der Waals surface area contributed by atoms with Crippen molar-refractivity contribution < 1.29 is 22.0 Å². The minimum Gasteiger partial charge on any atom is -0.423 e. The minimum absolute atomic E-state index is 0.0233. The van der Waals surface area contributed by atoms with Crippen molar-refractivity contribution in [3.8, 4) is 11.1 Å². The van der Waals surface area contributed by atoms with Crippen LogP contribution in [0, 0.1) is 11.2 Å². The molecule has 0 spiro atoms. The quantitative estimate of drug-likeness (QED) is 0.397. The van der Waals surface area contributed by atoms with E-state index in [-0.39, 0.29) is 39.8 Å². The molecular weight excluding hydrogens is 501 g/mol. The molecule has 1 fully saturated rings. The number of amidine groups is 1. The normalized spacial score (nSPS) is 17.3. The summed E-state index contributed by atoms with van der Waals surface area (Å²) in [5.41, 5.74) is 1.53. The number of thiazole rings is 1. The van der Waals surface area contributed by atoms with Crippen LogP contribution in [0.5, 0.6) is 0 Å². The minimum atomic E-state index is -3.82. The van der Waals surface area contributed by atoms with Crippen molar-refractivity contribution in [2.45, 2.75) is 16.9 Å². The number of thioether (sulfide) groups is 1. The molecule has 1 aliphatic rings. The molecule has 4 aromatic rings. The van der Waals surface area contributed by atoms with E-state index in [9.17, 15) is 17.6 Å². The first-order valence-electron chi connectivity index (χ1n) is 9.91. The van der Waals surface area contributed by atoms with Gasteiger partial charge in [-0.1, -0.05) is 42.1 Å². The van der Waals surface area contributed by atoms with Gasteiger partial charge in [-0.2, -0.15) is 0 Å². The molecule has 1 saturated heterocycles. The summed E-state index contributed by atoms with van der Waals surface area (Å²) < 4.78 is 46.3. The molecule has 34 heavy (non-hydrogen) atoms. The van der Waals surface area contributed by atoms with E-state index in [1.807, 2.05) is 30.3 Å². The van der Waals surface area contributed by atoms with Crippen LogP contribution in [0.3, 0.4) is 0 Å². The Labute approximate surface area is 201 Å². The first-order valence-corrected chi connectivity index (χ1v) is 13.6. The van der Waals surface area contributed by atoms with E-state index in [1.165, 1.54) is 6.07 Å². The fourth-order valence-electron chi connectivity index (χ4n) is 3.55. The number of carbonyl (C=O) groups excluding carboxylic acids is 1. The Morgan fingerprint density at radius 1 is 1.21 bits per heavy atom. The van der Waals surface area contributed by atoms with Gasteiger partial charge >= 0.3 is 0 Å². The average Bonchev–Trinajstić information content (AvgIpc) is 3.48. The molecule has 0 aliphatic carbocycles. The van der Waals surface area contributed by atoms with Gasteiger partial charge in [-0.25, -0.2) is 17.8 Å². The lowest BCUT2D eigenvalue weighted by atomic mass is 10.1. The summed E-state index contributed by atoms with van der Waals surface area (Å²) in [5.74, 6) is -1.07. The van der Waals surface area contributed by atoms with E-state index in [0.717, 1.165) is 34.9 Å². The van der Waals surface area contributed by atoms with Gasteiger partial charge in [0, 0.05) is 12.7 Å². The largest absolute Gasteiger partial charge is 0.423 e. The maximum atomic E-state index is 14.9. The average molecular weight is 518 g/mol. The molecule has 174 valence electrons. The standard InChI is InChI=1S/C21H16FN5O4S3/c1-34(29,30)17(19-27-26-15(31-19)9-14-18(28)25-21(23)33-14)20-24-16-12(22)7-11(8-13(16)32-20)10-5-3-2-4-6-10/h2-8,14,17H,9H2,1H3,(H2,23,25,28). The van der Waals surface area contributed by atoms with Crippen LogP contribution in [-0.2, 0) is 21.1 Å². The number of benzene rings is 2. The van der Waals surface area contributed by atoms with Crippen LogP contribution in [0.4, 0.5) is 4.39 Å². The Morgan fingerprint density at radius 3 is 2.65 bits per heavy atom. The SMILES string of the molecule is CS(=O)(=O)C(c1nnc(CC2SC(=N)NC2=O)o1)c1nc2c(F)cc(-c3ccccc3)cc2s1. The van der Waals surface area contributed by atoms with Gasteiger partial charge in [0.1, 0.15) is 15.8 Å². The second kappa shape index (κ2) is 8.56. The van der Waals surface area contributed by atoms with E-state index in [2.05, 4.69) is 20.5 Å². The van der Waals surface area contributed by atoms with Gasteiger partial charge < -0.3 is 9.73 Å². The van der Waals surface area contributed by atoms with Crippen molar-refractivity contribution >= 4 is 54.2 Å². The van der Waals surface area contributed by atoms with Crippen molar-refractivity contribution in [2.24, 2.45) is 0 Å². The predicted molar refractivity (Wildman–Crippen MR) is 127 cm³/mol. The number of carbonyl (C=O) groups is 1. The highest BCUT2D eigenvalue weighted by atomic mass is 32.2. The Morgan fingerprint density at radius 2 is 1.97 bits per heavy atom. The zero-order valence-electron chi connectivity index (χ0n) is 17.5. The molecule has 13 heteroatoms. The number of hydrogen-bond donors (Lipinski definition) is 2. The van der Waals surface area contributed by atoms with Crippen LogP contribution in [0.25, 0.3) is 21.3 Å². The lowest BCUT2D eigenvalue weighted by Gasteiger charge is -2.07. The summed E-state index contributed by atoms with van der Waals surface area (Å²) in [6.45, 7) is 0. The maximum Gasteiger partial charge on any atom is 0.241 e. The first-order chi connectivity index (χ1) is 16.2. The van der Waals surface area contributed by atoms with Gasteiger partial charge in [0.2, 0.25) is 17.7 Å². The molecule has 2 unspecified atom stereocenters. The van der Waals surface area contributed by atoms with Crippen LogP contribution < -0.4 is 5.32 Å². The fourth-order valence-corrected chi connectivity index (χ4v) is 6.93. The highest BCUT2D eigenvalue weighted by molar-refractivity contribution is 8.15. The highest BCUT2D eigenvalue weighted by Gasteiger charge is 2.36. The third kappa shape index (κ3) is 4.33. The molecule has 5 rings (SSSR count). The molecule has 2 N–H and O–H groups in total. The maximum absolute atomic E-state index is 14.9. The van der Waals surface area contributed by atoms with Gasteiger partial charge in [-0.05, 0) is 23.3 Å². The molecule has 1 aliphatic heterocycles. The van der Waals surface area contributed by atoms with Crippen LogP contribution >= 0.6 is 23.1 Å². The van der Waals surface area contributed by atoms with Crippen molar-refractivity contribution in [2.75, 3.05) is 6.26 Å². The number of nitrogens with one attached hydrogen (secondary N) is 2. The van der Waals surface area contributed by atoms with Gasteiger partial charge in [-0.3, -0.25) is 10.2 Å². The number of sulfone groups is 1. The van der Waals surface area contributed by atoms with E-state index < -0.39 is 26.2 Å². The number of nitrogens with zero attached hydrogens (tertiary/aromatic N) is 3.